The summed E-state index contributed by atoms with van der Waals surface area (Å²) in [5.41, 5.74) is 2.81. The lowest BCUT2D eigenvalue weighted by molar-refractivity contribution is -0.121. The average molecular weight is 433 g/mol. The van der Waals surface area contributed by atoms with E-state index in [1.165, 1.54) is 0 Å². The minimum absolute atomic E-state index is 0.0100. The number of imidazole rings is 1. The molecule has 3 aromatic heterocycles. The highest BCUT2D eigenvalue weighted by Crippen LogP contribution is 2.65. The van der Waals surface area contributed by atoms with Gasteiger partial charge in [0.25, 0.3) is 0 Å². The number of hydrogen-bond acceptors (Lipinski definition) is 4. The number of aromatic nitrogens is 4. The van der Waals surface area contributed by atoms with E-state index in [0.717, 1.165) is 43.3 Å². The molecular formula is C24H26N5O3+. The lowest BCUT2D eigenvalue weighted by Gasteiger charge is -2.28. The van der Waals surface area contributed by atoms with Crippen molar-refractivity contribution in [1.29, 1.82) is 0 Å². The zero-order chi connectivity index (χ0) is 22.3. The molecule has 0 aliphatic heterocycles. The summed E-state index contributed by atoms with van der Waals surface area (Å²) < 4.78 is 3.47. The predicted molar refractivity (Wildman–Crippen MR) is 121 cm³/mol. The average Bonchev–Trinajstić information content (AvgIpc) is 3.43. The van der Waals surface area contributed by atoms with E-state index in [0.29, 0.717) is 11.3 Å². The van der Waals surface area contributed by atoms with Gasteiger partial charge in [-0.2, -0.15) is 0 Å². The van der Waals surface area contributed by atoms with Crippen molar-refractivity contribution in [2.45, 2.75) is 38.1 Å². The molecule has 0 radical (unpaired) electrons. The number of aryl methyl sites for hydroxylation is 1. The van der Waals surface area contributed by atoms with E-state index in [2.05, 4.69) is 27.1 Å². The van der Waals surface area contributed by atoms with Gasteiger partial charge in [-0.3, -0.25) is 18.9 Å². The molecule has 164 valence electrons. The maximum Gasteiger partial charge on any atom is 0.330 e. The van der Waals surface area contributed by atoms with Gasteiger partial charge in [0.2, 0.25) is 12.5 Å². The Balaban J connectivity index is 1.34. The number of fused-ring (bicyclic) bond motifs is 1. The number of carbonyl (C=O) groups excluding carboxylic acids is 1. The fourth-order valence-corrected chi connectivity index (χ4v) is 5.08. The monoisotopic (exact) mass is 432 g/mol. The molecule has 3 heterocycles. The van der Waals surface area contributed by atoms with E-state index >= 15 is 0 Å². The normalized spacial score (nSPS) is 24.2. The standard InChI is InChI=1S/C24H25N5O3/c1-28-19-5-4-17(3-2-14-30)26-21(19)29(23(28)32)20-15-24(20)10-6-16(7-11-24)22(31)27-18-8-12-25-13-9-18/h4-5,8-9,12-13,16,20,30H,6-7,10-11,14-15H2,1H3,(H,25,27,31)/p+1. The van der Waals surface area contributed by atoms with E-state index < -0.39 is 0 Å². The summed E-state index contributed by atoms with van der Waals surface area (Å²) in [7, 11) is 1.77. The predicted octanol–water partition coefficient (Wildman–Crippen LogP) is 1.97. The Bertz CT molecular complexity index is 1290. The minimum Gasteiger partial charge on any atom is -0.436 e. The fourth-order valence-electron chi connectivity index (χ4n) is 5.08. The number of carbonyl (C=O) groups is 1. The molecule has 2 saturated carbocycles. The topological polar surface area (TPSA) is 105 Å². The molecule has 1 unspecified atom stereocenters. The fraction of sp³-hybridized carbons (Fsp3) is 0.417. The maximum atomic E-state index is 13.0. The Kier molecular flexibility index (Phi) is 5.06. The van der Waals surface area contributed by atoms with Crippen LogP contribution < -0.4 is 11.0 Å². The van der Waals surface area contributed by atoms with Crippen LogP contribution in [0.4, 0.5) is 5.69 Å². The van der Waals surface area contributed by atoms with Crippen LogP contribution >= 0.6 is 0 Å². The molecule has 0 bridgehead atoms. The van der Waals surface area contributed by atoms with Gasteiger partial charge in [-0.25, -0.2) is 9.78 Å². The number of amides is 1. The molecule has 0 aromatic carbocycles. The van der Waals surface area contributed by atoms with Crippen LogP contribution in [0.2, 0.25) is 0 Å². The third-order valence-electron chi connectivity index (χ3n) is 7.00. The number of pyridine rings is 2. The van der Waals surface area contributed by atoms with Crippen molar-refractivity contribution >= 4 is 22.8 Å². The molecule has 8 nitrogen and oxygen atoms in total. The summed E-state index contributed by atoms with van der Waals surface area (Å²) >= 11 is 0. The Morgan fingerprint density at radius 1 is 1.25 bits per heavy atom. The van der Waals surface area contributed by atoms with Crippen molar-refractivity contribution in [3.63, 3.8) is 0 Å². The number of anilines is 1. The van der Waals surface area contributed by atoms with E-state index in [1.54, 1.807) is 42.2 Å². The van der Waals surface area contributed by atoms with Crippen molar-refractivity contribution in [1.82, 2.24) is 19.1 Å². The van der Waals surface area contributed by atoms with Gasteiger partial charge in [0.1, 0.15) is 5.69 Å². The smallest absolute Gasteiger partial charge is 0.330 e. The van der Waals surface area contributed by atoms with Gasteiger partial charge in [0.15, 0.2) is 5.65 Å². The van der Waals surface area contributed by atoms with Crippen molar-refractivity contribution in [2.75, 3.05) is 11.9 Å². The van der Waals surface area contributed by atoms with E-state index in [-0.39, 0.29) is 35.6 Å². The second-order valence-electron chi connectivity index (χ2n) is 8.81. The first-order valence-corrected chi connectivity index (χ1v) is 10.9. The molecule has 32 heavy (non-hydrogen) atoms. The first-order chi connectivity index (χ1) is 15.5. The lowest BCUT2D eigenvalue weighted by Crippen LogP contribution is -2.30. The van der Waals surface area contributed by atoms with Crippen molar-refractivity contribution < 1.29 is 9.90 Å². The SMILES string of the molecule is Cn1c(=O)n(C2CC23CCC(C(=O)Nc2ccncc2)CC3)c2nc(C#CC[OH2+])ccc21. The second kappa shape index (κ2) is 7.92. The van der Waals surface area contributed by atoms with Gasteiger partial charge in [-0.15, -0.1) is 0 Å². The van der Waals surface area contributed by atoms with Crippen LogP contribution in [-0.2, 0) is 11.8 Å². The molecule has 1 spiro atoms. The van der Waals surface area contributed by atoms with Crippen molar-refractivity contribution in [3.05, 3.63) is 52.8 Å². The summed E-state index contributed by atoms with van der Waals surface area (Å²) in [6, 6.07) is 7.37. The molecule has 0 saturated heterocycles. The minimum atomic E-state index is -0.0578. The Hall–Kier alpha value is -3.44. The Morgan fingerprint density at radius 3 is 2.72 bits per heavy atom. The van der Waals surface area contributed by atoms with Crippen LogP contribution in [-0.4, -0.2) is 36.7 Å². The quantitative estimate of drug-likeness (QED) is 0.505. The molecule has 1 atom stereocenters. The highest BCUT2D eigenvalue weighted by Gasteiger charge is 2.57. The van der Waals surface area contributed by atoms with E-state index in [1.807, 2.05) is 10.6 Å². The highest BCUT2D eigenvalue weighted by atomic mass is 16.2. The zero-order valence-corrected chi connectivity index (χ0v) is 18.0. The van der Waals surface area contributed by atoms with Crippen molar-refractivity contribution in [2.24, 2.45) is 18.4 Å². The van der Waals surface area contributed by atoms with Gasteiger partial charge in [-0.05, 0) is 73.6 Å². The zero-order valence-electron chi connectivity index (χ0n) is 18.0. The molecule has 2 aliphatic carbocycles. The second-order valence-corrected chi connectivity index (χ2v) is 8.81. The lowest BCUT2D eigenvalue weighted by atomic mass is 9.79. The summed E-state index contributed by atoms with van der Waals surface area (Å²) in [5.74, 6) is 5.66. The Labute approximate surface area is 185 Å². The number of nitrogens with zero attached hydrogens (tertiary/aromatic N) is 4. The highest BCUT2D eigenvalue weighted by molar-refractivity contribution is 5.92. The van der Waals surface area contributed by atoms with Crippen molar-refractivity contribution in [3.8, 4) is 11.8 Å². The summed E-state index contributed by atoms with van der Waals surface area (Å²) in [6.07, 6.45) is 7.76. The third kappa shape index (κ3) is 3.49. The largest absolute Gasteiger partial charge is 0.436 e. The summed E-state index contributed by atoms with van der Waals surface area (Å²) in [5, 5.41) is 10.2. The van der Waals surface area contributed by atoms with E-state index in [4.69, 9.17) is 5.11 Å². The van der Waals surface area contributed by atoms with Crippen LogP contribution in [0.15, 0.2) is 41.5 Å². The first-order valence-electron chi connectivity index (χ1n) is 10.9. The van der Waals surface area contributed by atoms with Crippen LogP contribution in [0.3, 0.4) is 0 Å². The van der Waals surface area contributed by atoms with Crippen LogP contribution in [0.5, 0.6) is 0 Å². The maximum absolute atomic E-state index is 13.0. The van der Waals surface area contributed by atoms with Gasteiger partial charge in [0.05, 0.1) is 5.52 Å². The molecule has 3 aromatic rings. The van der Waals surface area contributed by atoms with Gasteiger partial charge >= 0.3 is 5.69 Å². The molecule has 2 fully saturated rings. The van der Waals surface area contributed by atoms with E-state index in [9.17, 15) is 9.59 Å². The molecule has 8 heteroatoms. The molecule has 5 rings (SSSR count). The molecule has 1 amide bonds. The number of rotatable bonds is 3. The van der Waals surface area contributed by atoms with Crippen LogP contribution in [0.25, 0.3) is 11.2 Å². The number of hydrogen-bond donors (Lipinski definition) is 1. The van der Waals surface area contributed by atoms with Gasteiger partial charge in [0, 0.05) is 37.1 Å². The third-order valence-corrected chi connectivity index (χ3v) is 7.00. The summed E-state index contributed by atoms with van der Waals surface area (Å²) in [6.45, 7) is 0.0168. The summed E-state index contributed by atoms with van der Waals surface area (Å²) in [4.78, 5) is 34.3. The van der Waals surface area contributed by atoms with Crippen LogP contribution in [0.1, 0.15) is 43.8 Å². The molecular weight excluding hydrogens is 406 g/mol. The Morgan fingerprint density at radius 2 is 2.00 bits per heavy atom. The first kappa shape index (κ1) is 20.5. The van der Waals surface area contributed by atoms with Gasteiger partial charge < -0.3 is 10.4 Å². The molecule has 3 N–H and O–H groups in total. The van der Waals surface area contributed by atoms with Crippen LogP contribution in [0, 0.1) is 23.2 Å². The molecule has 2 aliphatic rings. The van der Waals surface area contributed by atoms with Gasteiger partial charge in [-0.1, -0.05) is 0 Å². The number of nitrogens with one attached hydrogen (secondary N) is 1.